The number of nitrogens with zero attached hydrogens (tertiary/aromatic N) is 1. The van der Waals surface area contributed by atoms with E-state index in [0.29, 0.717) is 6.42 Å². The third-order valence-corrected chi connectivity index (χ3v) is 6.53. The molecule has 7 heteroatoms. The monoisotopic (exact) mass is 353 g/mol. The van der Waals surface area contributed by atoms with Gasteiger partial charge in [0.25, 0.3) is 0 Å². The van der Waals surface area contributed by atoms with Gasteiger partial charge in [-0.1, -0.05) is 18.6 Å². The molecule has 0 aromatic heterocycles. The normalized spacial score (nSPS) is 22.5. The lowest BCUT2D eigenvalue weighted by Gasteiger charge is -2.19. The minimum atomic E-state index is -3.43. The molecule has 0 bridgehead atoms. The average Bonchev–Trinajstić information content (AvgIpc) is 2.92. The highest BCUT2D eigenvalue weighted by atomic mass is 32.2. The first-order valence-electron chi connectivity index (χ1n) is 8.29. The molecule has 1 fully saturated rings. The Morgan fingerprint density at radius 1 is 1.29 bits per heavy atom. The lowest BCUT2D eigenvalue weighted by molar-refractivity contribution is -0.122. The molecule has 3 N–H and O–H groups in total. The lowest BCUT2D eigenvalue weighted by atomic mass is 9.99. The van der Waals surface area contributed by atoms with Crippen molar-refractivity contribution in [1.29, 1.82) is 0 Å². The zero-order valence-corrected chi connectivity index (χ0v) is 15.3. The van der Waals surface area contributed by atoms with Crippen molar-refractivity contribution in [3.8, 4) is 0 Å². The van der Waals surface area contributed by atoms with E-state index in [1.165, 1.54) is 18.4 Å². The van der Waals surface area contributed by atoms with Crippen LogP contribution >= 0.6 is 0 Å². The van der Waals surface area contributed by atoms with Crippen LogP contribution in [0.3, 0.4) is 0 Å². The van der Waals surface area contributed by atoms with Crippen molar-refractivity contribution < 1.29 is 13.2 Å². The number of sulfonamides is 1. The number of carbonyl (C=O) groups excluding carboxylic acids is 1. The second-order valence-electron chi connectivity index (χ2n) is 6.70. The molecular formula is C17H27N3O3S. The summed E-state index contributed by atoms with van der Waals surface area (Å²) in [6.45, 7) is 1.89. The Morgan fingerprint density at radius 2 is 1.92 bits per heavy atom. The lowest BCUT2D eigenvalue weighted by Crippen LogP contribution is -2.32. The molecule has 1 aliphatic rings. The van der Waals surface area contributed by atoms with E-state index in [2.05, 4.69) is 5.32 Å². The molecule has 1 aromatic rings. The van der Waals surface area contributed by atoms with Crippen molar-refractivity contribution in [2.24, 2.45) is 11.7 Å². The van der Waals surface area contributed by atoms with Crippen molar-refractivity contribution in [2.75, 3.05) is 14.1 Å². The molecule has 0 saturated heterocycles. The summed E-state index contributed by atoms with van der Waals surface area (Å²) in [5.41, 5.74) is 6.88. The highest BCUT2D eigenvalue weighted by Crippen LogP contribution is 2.27. The first-order valence-corrected chi connectivity index (χ1v) is 9.73. The fourth-order valence-corrected chi connectivity index (χ4v) is 3.98. The van der Waals surface area contributed by atoms with Crippen LogP contribution in [-0.2, 0) is 14.8 Å². The maximum atomic E-state index is 12.2. The van der Waals surface area contributed by atoms with Crippen LogP contribution in [-0.4, -0.2) is 38.8 Å². The Labute approximate surface area is 144 Å². The second kappa shape index (κ2) is 7.63. The average molecular weight is 353 g/mol. The molecule has 2 rings (SSSR count). The fourth-order valence-electron chi connectivity index (χ4n) is 3.08. The molecule has 0 heterocycles. The zero-order valence-electron chi connectivity index (χ0n) is 14.5. The van der Waals surface area contributed by atoms with Crippen molar-refractivity contribution in [3.63, 3.8) is 0 Å². The van der Waals surface area contributed by atoms with Crippen LogP contribution < -0.4 is 11.1 Å². The van der Waals surface area contributed by atoms with Gasteiger partial charge in [-0.3, -0.25) is 4.79 Å². The van der Waals surface area contributed by atoms with E-state index in [1.54, 1.807) is 24.3 Å². The van der Waals surface area contributed by atoms with Gasteiger partial charge in [0.1, 0.15) is 0 Å². The van der Waals surface area contributed by atoms with E-state index < -0.39 is 10.0 Å². The Bertz CT molecular complexity index is 671. The summed E-state index contributed by atoms with van der Waals surface area (Å²) in [6.07, 6.45) is 3.56. The number of amides is 1. The van der Waals surface area contributed by atoms with Gasteiger partial charge in [0, 0.05) is 26.6 Å². The van der Waals surface area contributed by atoms with Gasteiger partial charge in [0.15, 0.2) is 0 Å². The summed E-state index contributed by atoms with van der Waals surface area (Å²) in [4.78, 5) is 12.4. The molecule has 1 amide bonds. The molecule has 24 heavy (non-hydrogen) atoms. The van der Waals surface area contributed by atoms with Crippen LogP contribution in [0.25, 0.3) is 0 Å². The van der Waals surface area contributed by atoms with E-state index in [4.69, 9.17) is 5.73 Å². The van der Waals surface area contributed by atoms with Crippen molar-refractivity contribution in [3.05, 3.63) is 29.8 Å². The third kappa shape index (κ3) is 4.34. The van der Waals surface area contributed by atoms with Gasteiger partial charge >= 0.3 is 0 Å². The summed E-state index contributed by atoms with van der Waals surface area (Å²) in [6, 6.07) is 6.57. The Hall–Kier alpha value is -1.44. The van der Waals surface area contributed by atoms with Gasteiger partial charge in [0.05, 0.1) is 10.9 Å². The quantitative estimate of drug-likeness (QED) is 0.813. The Kier molecular flexibility index (Phi) is 6.01. The van der Waals surface area contributed by atoms with E-state index in [9.17, 15) is 13.2 Å². The predicted molar refractivity (Wildman–Crippen MR) is 93.8 cm³/mol. The zero-order chi connectivity index (χ0) is 17.9. The molecule has 134 valence electrons. The van der Waals surface area contributed by atoms with E-state index in [0.717, 1.165) is 24.8 Å². The molecule has 1 aromatic carbocycles. The predicted octanol–water partition coefficient (Wildman–Crippen LogP) is 1.63. The van der Waals surface area contributed by atoms with E-state index in [-0.39, 0.29) is 28.8 Å². The summed E-state index contributed by atoms with van der Waals surface area (Å²) in [7, 11) is -0.433. The fraction of sp³-hybridized carbons (Fsp3) is 0.588. The maximum Gasteiger partial charge on any atom is 0.242 e. The van der Waals surface area contributed by atoms with Crippen molar-refractivity contribution in [1.82, 2.24) is 9.62 Å². The van der Waals surface area contributed by atoms with Gasteiger partial charge in [0.2, 0.25) is 15.9 Å². The number of benzene rings is 1. The number of nitrogens with two attached hydrogens (primary N) is 1. The summed E-state index contributed by atoms with van der Waals surface area (Å²) < 4.78 is 25.3. The highest BCUT2D eigenvalue weighted by molar-refractivity contribution is 7.89. The minimum absolute atomic E-state index is 0.00478. The van der Waals surface area contributed by atoms with Gasteiger partial charge in [-0.2, -0.15) is 0 Å². The Balaban J connectivity index is 1.97. The largest absolute Gasteiger partial charge is 0.350 e. The van der Waals surface area contributed by atoms with Crippen LogP contribution in [0.2, 0.25) is 0 Å². The number of rotatable bonds is 6. The minimum Gasteiger partial charge on any atom is -0.350 e. The number of hydrogen-bond acceptors (Lipinski definition) is 4. The third-order valence-electron chi connectivity index (χ3n) is 4.70. The van der Waals surface area contributed by atoms with Crippen LogP contribution in [0, 0.1) is 5.92 Å². The molecule has 0 aliphatic heterocycles. The molecular weight excluding hydrogens is 326 g/mol. The highest BCUT2D eigenvalue weighted by Gasteiger charge is 2.26. The van der Waals surface area contributed by atoms with Gasteiger partial charge < -0.3 is 11.1 Å². The number of nitrogens with one attached hydrogen (secondary N) is 1. The molecule has 0 radical (unpaired) electrons. The van der Waals surface area contributed by atoms with Crippen molar-refractivity contribution >= 4 is 15.9 Å². The SMILES string of the molecule is CC(NC(=O)C[C@@H]1CCC[C@H]1N)c1ccc(S(=O)(=O)N(C)C)cc1. The first-order chi connectivity index (χ1) is 11.2. The Morgan fingerprint density at radius 3 is 2.42 bits per heavy atom. The standard InChI is InChI=1S/C17H27N3O3S/c1-12(19-17(21)11-14-5-4-6-16(14)18)13-7-9-15(10-8-13)24(22,23)20(2)3/h7-10,12,14,16H,4-6,11,18H2,1-3H3,(H,19,21)/t12?,14-,16+/m0/s1. The topological polar surface area (TPSA) is 92.5 Å². The molecule has 3 atom stereocenters. The summed E-state index contributed by atoms with van der Waals surface area (Å²) in [5, 5.41) is 2.97. The van der Waals surface area contributed by atoms with Crippen LogP contribution in [0.4, 0.5) is 0 Å². The number of carbonyl (C=O) groups is 1. The van der Waals surface area contributed by atoms with E-state index >= 15 is 0 Å². The second-order valence-corrected chi connectivity index (χ2v) is 8.86. The molecule has 0 spiro atoms. The summed E-state index contributed by atoms with van der Waals surface area (Å²) in [5.74, 6) is 0.264. The van der Waals surface area contributed by atoms with E-state index in [1.807, 2.05) is 6.92 Å². The van der Waals surface area contributed by atoms with Crippen LogP contribution in [0.1, 0.15) is 44.2 Å². The van der Waals surface area contributed by atoms with Crippen LogP contribution in [0.5, 0.6) is 0 Å². The maximum absolute atomic E-state index is 12.2. The smallest absolute Gasteiger partial charge is 0.242 e. The van der Waals surface area contributed by atoms with Crippen molar-refractivity contribution in [2.45, 2.75) is 49.6 Å². The number of hydrogen-bond donors (Lipinski definition) is 2. The molecule has 1 saturated carbocycles. The summed E-state index contributed by atoms with van der Waals surface area (Å²) >= 11 is 0. The van der Waals surface area contributed by atoms with Crippen LogP contribution in [0.15, 0.2) is 29.2 Å². The molecule has 6 nitrogen and oxygen atoms in total. The molecule has 1 aliphatic carbocycles. The van der Waals surface area contributed by atoms with Gasteiger partial charge in [-0.05, 0) is 43.4 Å². The van der Waals surface area contributed by atoms with Gasteiger partial charge in [-0.25, -0.2) is 12.7 Å². The first kappa shape index (κ1) is 18.9. The van der Waals surface area contributed by atoms with Gasteiger partial charge in [-0.15, -0.1) is 0 Å². The molecule has 1 unspecified atom stereocenters.